The van der Waals surface area contributed by atoms with Crippen molar-refractivity contribution >= 4 is 11.7 Å². The number of halogens is 2. The van der Waals surface area contributed by atoms with E-state index in [1.807, 2.05) is 24.3 Å². The Bertz CT molecular complexity index is 1210. The maximum Gasteiger partial charge on any atom is 0.226 e. The molecule has 31 heavy (non-hydrogen) atoms. The van der Waals surface area contributed by atoms with Gasteiger partial charge in [-0.15, -0.1) is 0 Å². The Kier molecular flexibility index (Phi) is 4.57. The number of hydrogen-bond acceptors (Lipinski definition) is 5. The second-order valence-electron chi connectivity index (χ2n) is 7.82. The van der Waals surface area contributed by atoms with Gasteiger partial charge in [-0.1, -0.05) is 18.2 Å². The summed E-state index contributed by atoms with van der Waals surface area (Å²) in [6.45, 7) is 1.73. The van der Waals surface area contributed by atoms with Crippen molar-refractivity contribution in [1.82, 2.24) is 14.8 Å². The molecule has 1 N–H and O–H groups in total. The molecule has 0 spiro atoms. The number of carbonyl (C=O) groups excluding carboxylic acids is 1. The Hall–Kier alpha value is -3.55. The quantitative estimate of drug-likeness (QED) is 0.682. The number of nitrogens with one attached hydrogen (secondary N) is 1. The van der Waals surface area contributed by atoms with Crippen LogP contribution in [0.4, 0.5) is 14.7 Å². The molecule has 1 aliphatic heterocycles. The summed E-state index contributed by atoms with van der Waals surface area (Å²) in [7, 11) is 1.60. The van der Waals surface area contributed by atoms with Crippen molar-refractivity contribution in [2.75, 3.05) is 12.4 Å². The van der Waals surface area contributed by atoms with E-state index in [2.05, 4.69) is 15.4 Å². The van der Waals surface area contributed by atoms with Crippen molar-refractivity contribution in [3.05, 3.63) is 82.3 Å². The number of aromatic nitrogens is 3. The van der Waals surface area contributed by atoms with Gasteiger partial charge in [-0.2, -0.15) is 10.1 Å². The topological polar surface area (TPSA) is 69.0 Å². The summed E-state index contributed by atoms with van der Waals surface area (Å²) in [5.41, 5.74) is 2.43. The number of anilines is 1. The van der Waals surface area contributed by atoms with Crippen LogP contribution in [-0.2, 0) is 4.79 Å². The van der Waals surface area contributed by atoms with Gasteiger partial charge in [0.05, 0.1) is 7.11 Å². The van der Waals surface area contributed by atoms with Gasteiger partial charge in [0.15, 0.2) is 5.78 Å². The molecule has 0 fully saturated rings. The molecule has 0 saturated carbocycles. The average Bonchev–Trinajstić information content (AvgIpc) is 3.10. The fourth-order valence-electron chi connectivity index (χ4n) is 4.58. The number of ketones is 1. The number of allylic oxidation sites excluding steroid dienone is 2. The first-order valence-electron chi connectivity index (χ1n) is 10.00. The van der Waals surface area contributed by atoms with Gasteiger partial charge in [0.2, 0.25) is 5.95 Å². The van der Waals surface area contributed by atoms with Crippen molar-refractivity contribution in [3.8, 4) is 5.75 Å². The van der Waals surface area contributed by atoms with E-state index in [1.54, 1.807) is 14.0 Å². The molecule has 2 unspecified atom stereocenters. The number of carbonyl (C=O) groups is 1. The first-order valence-corrected chi connectivity index (χ1v) is 10.00. The van der Waals surface area contributed by atoms with Crippen molar-refractivity contribution < 1.29 is 18.3 Å². The highest BCUT2D eigenvalue weighted by Gasteiger charge is 2.40. The summed E-state index contributed by atoms with van der Waals surface area (Å²) in [5.74, 6) is 0.0715. The van der Waals surface area contributed by atoms with Gasteiger partial charge in [-0.05, 0) is 42.7 Å². The molecule has 1 aromatic heterocycles. The lowest BCUT2D eigenvalue weighted by Crippen LogP contribution is -2.33. The zero-order valence-corrected chi connectivity index (χ0v) is 17.0. The molecular weight excluding hydrogens is 402 g/mol. The van der Waals surface area contributed by atoms with Gasteiger partial charge in [0.1, 0.15) is 29.3 Å². The highest BCUT2D eigenvalue weighted by Crippen LogP contribution is 2.45. The number of ether oxygens (including phenoxy) is 1. The maximum atomic E-state index is 14.0. The lowest BCUT2D eigenvalue weighted by Gasteiger charge is -2.35. The van der Waals surface area contributed by atoms with Crippen LogP contribution in [0.3, 0.4) is 0 Å². The van der Waals surface area contributed by atoms with Crippen molar-refractivity contribution in [2.24, 2.45) is 0 Å². The Morgan fingerprint density at radius 3 is 2.61 bits per heavy atom. The number of Topliss-reactive ketones (excluding diaryl/α,β-unsaturated/α-hetero) is 1. The summed E-state index contributed by atoms with van der Waals surface area (Å²) in [5, 5.41) is 7.63. The number of para-hydroxylation sites is 1. The van der Waals surface area contributed by atoms with E-state index < -0.39 is 17.7 Å². The zero-order valence-electron chi connectivity index (χ0n) is 17.0. The van der Waals surface area contributed by atoms with Gasteiger partial charge in [-0.25, -0.2) is 13.5 Å². The SMILES string of the molecule is COc1ccccc1C1CC(=O)C2=C(C1)Nc1nc(C)nn1C2c1cc(F)cc(F)c1. The van der Waals surface area contributed by atoms with E-state index in [0.717, 1.165) is 17.4 Å². The molecule has 3 aromatic rings. The molecule has 1 aliphatic carbocycles. The van der Waals surface area contributed by atoms with E-state index in [4.69, 9.17) is 4.74 Å². The molecule has 2 aromatic carbocycles. The molecule has 2 aliphatic rings. The molecule has 8 heteroatoms. The monoisotopic (exact) mass is 422 g/mol. The highest BCUT2D eigenvalue weighted by molar-refractivity contribution is 6.00. The Morgan fingerprint density at radius 2 is 1.87 bits per heavy atom. The molecule has 0 bridgehead atoms. The van der Waals surface area contributed by atoms with E-state index in [9.17, 15) is 13.6 Å². The van der Waals surface area contributed by atoms with E-state index in [1.165, 1.54) is 16.8 Å². The molecule has 0 saturated heterocycles. The third-order valence-electron chi connectivity index (χ3n) is 5.81. The average molecular weight is 422 g/mol. The largest absolute Gasteiger partial charge is 0.496 e. The van der Waals surface area contributed by atoms with Crippen LogP contribution >= 0.6 is 0 Å². The van der Waals surface area contributed by atoms with Crippen LogP contribution < -0.4 is 10.1 Å². The van der Waals surface area contributed by atoms with Gasteiger partial charge in [-0.3, -0.25) is 4.79 Å². The lowest BCUT2D eigenvalue weighted by molar-refractivity contribution is -0.116. The zero-order chi connectivity index (χ0) is 21.7. The summed E-state index contributed by atoms with van der Waals surface area (Å²) >= 11 is 0. The number of nitrogens with zero attached hydrogens (tertiary/aromatic N) is 3. The molecule has 0 radical (unpaired) electrons. The smallest absolute Gasteiger partial charge is 0.226 e. The van der Waals surface area contributed by atoms with Crippen molar-refractivity contribution in [1.29, 1.82) is 0 Å². The highest BCUT2D eigenvalue weighted by atomic mass is 19.1. The number of aryl methyl sites for hydroxylation is 1. The maximum absolute atomic E-state index is 14.0. The van der Waals surface area contributed by atoms with Crippen LogP contribution in [0.5, 0.6) is 5.75 Å². The van der Waals surface area contributed by atoms with Crippen LogP contribution in [0.1, 0.15) is 41.8 Å². The first-order chi connectivity index (χ1) is 14.9. The predicted molar refractivity (Wildman–Crippen MR) is 110 cm³/mol. The van der Waals surface area contributed by atoms with Crippen LogP contribution in [0.15, 0.2) is 53.7 Å². The van der Waals surface area contributed by atoms with Crippen LogP contribution in [0.2, 0.25) is 0 Å². The van der Waals surface area contributed by atoms with Crippen molar-refractivity contribution in [3.63, 3.8) is 0 Å². The predicted octanol–water partition coefficient (Wildman–Crippen LogP) is 4.29. The fraction of sp³-hybridized carbons (Fsp3) is 0.261. The first kappa shape index (κ1) is 19.4. The minimum absolute atomic E-state index is 0.0876. The second-order valence-corrected chi connectivity index (χ2v) is 7.82. The van der Waals surface area contributed by atoms with E-state index in [-0.39, 0.29) is 18.1 Å². The summed E-state index contributed by atoms with van der Waals surface area (Å²) < 4.78 is 35.1. The lowest BCUT2D eigenvalue weighted by atomic mass is 9.77. The molecule has 5 rings (SSSR count). The minimum atomic E-state index is -0.747. The fourth-order valence-corrected chi connectivity index (χ4v) is 4.58. The third-order valence-corrected chi connectivity index (χ3v) is 5.81. The molecule has 6 nitrogen and oxygen atoms in total. The number of benzene rings is 2. The second kappa shape index (κ2) is 7.30. The van der Waals surface area contributed by atoms with Crippen LogP contribution in [0, 0.1) is 18.6 Å². The Balaban J connectivity index is 1.63. The summed E-state index contributed by atoms with van der Waals surface area (Å²) in [6, 6.07) is 10.2. The number of fused-ring (bicyclic) bond motifs is 1. The standard InChI is InChI=1S/C23H20F2N4O2/c1-12-26-23-27-18-9-13(17-5-3-4-6-20(17)31-2)10-19(30)21(18)22(29(23)28-12)14-7-15(24)11-16(25)8-14/h3-8,11,13,22H,9-10H2,1-2H3,(H,26,27,28). The van der Waals surface area contributed by atoms with Gasteiger partial charge in [0, 0.05) is 29.7 Å². The molecular formula is C23H20F2N4O2. The number of rotatable bonds is 3. The number of hydrogen-bond donors (Lipinski definition) is 1. The molecule has 0 amide bonds. The van der Waals surface area contributed by atoms with Gasteiger partial charge in [0.25, 0.3) is 0 Å². The molecule has 158 valence electrons. The van der Waals surface area contributed by atoms with E-state index in [0.29, 0.717) is 35.0 Å². The minimum Gasteiger partial charge on any atom is -0.496 e. The summed E-state index contributed by atoms with van der Waals surface area (Å²) in [6.07, 6.45) is 0.805. The van der Waals surface area contributed by atoms with Gasteiger partial charge >= 0.3 is 0 Å². The normalized spacial score (nSPS) is 20.2. The molecule has 2 heterocycles. The number of methoxy groups -OCH3 is 1. The van der Waals surface area contributed by atoms with Crippen molar-refractivity contribution in [2.45, 2.75) is 31.7 Å². The van der Waals surface area contributed by atoms with Crippen LogP contribution in [-0.4, -0.2) is 27.7 Å². The van der Waals surface area contributed by atoms with Gasteiger partial charge < -0.3 is 10.1 Å². The Labute approximate surface area is 177 Å². The summed E-state index contributed by atoms with van der Waals surface area (Å²) in [4.78, 5) is 17.8. The third kappa shape index (κ3) is 3.28. The van der Waals surface area contributed by atoms with E-state index >= 15 is 0 Å². The molecule has 2 atom stereocenters. The Morgan fingerprint density at radius 1 is 1.13 bits per heavy atom. The van der Waals surface area contributed by atoms with Crippen LogP contribution in [0.25, 0.3) is 0 Å².